The average Bonchev–Trinajstić information content (AvgIpc) is 3.69. The van der Waals surface area contributed by atoms with E-state index in [1.807, 2.05) is 25.1 Å². The first kappa shape index (κ1) is 41.9. The summed E-state index contributed by atoms with van der Waals surface area (Å²) in [7, 11) is -1.27. The standard InChI is InChI=1S/C51H58FN3O6Si/c1-33-23-38(52)31-54(29-33)50(57)37-26-44(58-5)47-41(21-22-60-62(51(2,3)4,39-14-8-6-9-15-39)40-16-10-7-11-17-40)49(61-45(47)27-37)42-25-36-13-12-18-43(48(36)55(42)30-34-19-20-34)59-32-35-24-46(56)53-28-35/h6-18,25-27,33-35,38H,19-24,28-32H2,1-5H3,(H,53,56)/t33-,35?,38-/m1/s1. The molecule has 4 heterocycles. The number of nitrogens with zero attached hydrogens (tertiary/aromatic N) is 2. The minimum Gasteiger partial charge on any atom is -0.496 e. The van der Waals surface area contributed by atoms with Gasteiger partial charge in [0.2, 0.25) is 5.91 Å². The molecule has 11 heteroatoms. The van der Waals surface area contributed by atoms with E-state index in [0.717, 1.165) is 52.7 Å². The fourth-order valence-corrected chi connectivity index (χ4v) is 14.6. The molecule has 0 radical (unpaired) electrons. The summed E-state index contributed by atoms with van der Waals surface area (Å²) in [5, 5.41) is 6.94. The molecule has 3 aliphatic rings. The van der Waals surface area contributed by atoms with Gasteiger partial charge in [-0.15, -0.1) is 0 Å². The first-order valence-corrected chi connectivity index (χ1v) is 24.2. The molecule has 3 fully saturated rings. The predicted molar refractivity (Wildman–Crippen MR) is 245 cm³/mol. The number of para-hydroxylation sites is 1. The Morgan fingerprint density at radius 2 is 1.65 bits per heavy atom. The Balaban J connectivity index is 1.18. The monoisotopic (exact) mass is 855 g/mol. The van der Waals surface area contributed by atoms with Crippen LogP contribution in [0.3, 0.4) is 0 Å². The van der Waals surface area contributed by atoms with E-state index in [0.29, 0.717) is 74.1 Å². The minimum atomic E-state index is -2.90. The van der Waals surface area contributed by atoms with E-state index < -0.39 is 14.5 Å². The quantitative estimate of drug-likeness (QED) is 0.110. The average molecular weight is 856 g/mol. The van der Waals surface area contributed by atoms with Crippen molar-refractivity contribution in [1.29, 1.82) is 0 Å². The van der Waals surface area contributed by atoms with Crippen molar-refractivity contribution in [1.82, 2.24) is 14.8 Å². The molecular weight excluding hydrogens is 798 g/mol. The van der Waals surface area contributed by atoms with Gasteiger partial charge < -0.3 is 33.1 Å². The van der Waals surface area contributed by atoms with Crippen LogP contribution >= 0.6 is 0 Å². The highest BCUT2D eigenvalue weighted by molar-refractivity contribution is 6.99. The number of carbonyl (C=O) groups excluding carboxylic acids is 2. The van der Waals surface area contributed by atoms with Crippen LogP contribution in [-0.4, -0.2) is 75.7 Å². The lowest BCUT2D eigenvalue weighted by Gasteiger charge is -2.43. The number of halogens is 1. The van der Waals surface area contributed by atoms with Crippen LogP contribution in [0.1, 0.15) is 69.3 Å². The summed E-state index contributed by atoms with van der Waals surface area (Å²) < 4.78 is 44.4. The Bertz CT molecular complexity index is 2530. The third-order valence-electron chi connectivity index (χ3n) is 13.1. The molecule has 0 bridgehead atoms. The number of hydrogen-bond donors (Lipinski definition) is 1. The zero-order valence-electron chi connectivity index (χ0n) is 36.5. The van der Waals surface area contributed by atoms with Crippen LogP contribution in [0.5, 0.6) is 11.5 Å². The van der Waals surface area contributed by atoms with Crippen molar-refractivity contribution >= 4 is 52.4 Å². The van der Waals surface area contributed by atoms with E-state index in [1.54, 1.807) is 18.1 Å². The summed E-state index contributed by atoms with van der Waals surface area (Å²) in [6.07, 6.45) is 2.63. The van der Waals surface area contributed by atoms with Gasteiger partial charge >= 0.3 is 0 Å². The number of aromatic nitrogens is 1. The van der Waals surface area contributed by atoms with Crippen LogP contribution < -0.4 is 25.2 Å². The van der Waals surface area contributed by atoms with E-state index in [2.05, 4.69) is 103 Å². The highest BCUT2D eigenvalue weighted by Crippen LogP contribution is 2.45. The highest BCUT2D eigenvalue weighted by atomic mass is 28.4. The summed E-state index contributed by atoms with van der Waals surface area (Å²) >= 11 is 0. The second-order valence-electron chi connectivity index (χ2n) is 18.8. The number of nitrogens with one attached hydrogen (secondary N) is 1. The number of likely N-dealkylation sites (tertiary alicyclic amines) is 1. The van der Waals surface area contributed by atoms with Crippen LogP contribution in [0, 0.1) is 17.8 Å². The Kier molecular flexibility index (Phi) is 11.5. The molecule has 62 heavy (non-hydrogen) atoms. The lowest BCUT2D eigenvalue weighted by molar-refractivity contribution is -0.119. The van der Waals surface area contributed by atoms with Gasteiger partial charge in [-0.1, -0.05) is 100 Å². The maximum Gasteiger partial charge on any atom is 0.261 e. The summed E-state index contributed by atoms with van der Waals surface area (Å²) in [5.74, 6) is 2.50. The molecule has 3 atom stereocenters. The molecule has 1 unspecified atom stereocenters. The molecule has 9 rings (SSSR count). The topological polar surface area (TPSA) is 95.2 Å². The van der Waals surface area contributed by atoms with Gasteiger partial charge in [-0.05, 0) is 77.2 Å². The van der Waals surface area contributed by atoms with Gasteiger partial charge in [-0.25, -0.2) is 4.39 Å². The molecule has 9 nitrogen and oxygen atoms in total. The minimum absolute atomic E-state index is 0.0601. The number of ether oxygens (including phenoxy) is 2. The van der Waals surface area contributed by atoms with Crippen LogP contribution in [0.4, 0.5) is 4.39 Å². The SMILES string of the molecule is COc1cc(C(=O)N2C[C@H](C)C[C@@H](F)C2)cc2oc(-c3cc4cccc(OCC5CNC(=O)C5)c4n3CC3CC3)c(CCO[Si](c3ccccc3)(c3ccccc3)C(C)(C)C)c12. The fraction of sp³-hybridized carbons (Fsp3) is 0.412. The molecule has 2 saturated heterocycles. The van der Waals surface area contributed by atoms with Gasteiger partial charge in [0.05, 0.1) is 36.9 Å². The molecule has 4 aromatic carbocycles. The molecular formula is C51H58FN3O6Si. The third-order valence-corrected chi connectivity index (χ3v) is 18.1. The number of piperidine rings is 1. The smallest absolute Gasteiger partial charge is 0.261 e. The summed E-state index contributed by atoms with van der Waals surface area (Å²) in [6.45, 7) is 11.6. The van der Waals surface area contributed by atoms with Gasteiger partial charge in [0.15, 0.2) is 5.76 Å². The third kappa shape index (κ3) is 8.05. The number of rotatable bonds is 14. The van der Waals surface area contributed by atoms with Crippen molar-refractivity contribution in [2.75, 3.05) is 40.0 Å². The van der Waals surface area contributed by atoms with E-state index in [1.165, 1.54) is 10.4 Å². The van der Waals surface area contributed by atoms with E-state index in [-0.39, 0.29) is 35.2 Å². The second-order valence-corrected chi connectivity index (χ2v) is 23.1. The Labute approximate surface area is 364 Å². The summed E-state index contributed by atoms with van der Waals surface area (Å²) in [6, 6.07) is 33.2. The normalized spacial score (nSPS) is 19.6. The van der Waals surface area contributed by atoms with E-state index in [4.69, 9.17) is 18.3 Å². The van der Waals surface area contributed by atoms with Gasteiger partial charge in [-0.3, -0.25) is 9.59 Å². The second kappa shape index (κ2) is 17.1. The number of methoxy groups -OCH3 is 1. The summed E-state index contributed by atoms with van der Waals surface area (Å²) in [5.41, 5.74) is 3.77. The van der Waals surface area contributed by atoms with Crippen molar-refractivity contribution in [2.24, 2.45) is 17.8 Å². The lowest BCUT2D eigenvalue weighted by Crippen LogP contribution is -2.66. The summed E-state index contributed by atoms with van der Waals surface area (Å²) in [4.78, 5) is 27.8. The molecule has 2 aliphatic heterocycles. The van der Waals surface area contributed by atoms with Crippen molar-refractivity contribution < 1.29 is 32.3 Å². The van der Waals surface area contributed by atoms with Crippen LogP contribution in [0.25, 0.3) is 33.3 Å². The maximum absolute atomic E-state index is 14.8. The van der Waals surface area contributed by atoms with Crippen molar-refractivity contribution in [2.45, 2.75) is 77.6 Å². The molecule has 324 valence electrons. The number of benzene rings is 4. The van der Waals surface area contributed by atoms with Gasteiger partial charge in [-0.2, -0.15) is 0 Å². The van der Waals surface area contributed by atoms with Crippen molar-refractivity contribution in [3.8, 4) is 23.0 Å². The first-order chi connectivity index (χ1) is 29.9. The lowest BCUT2D eigenvalue weighted by atomic mass is 9.97. The van der Waals surface area contributed by atoms with E-state index in [9.17, 15) is 14.0 Å². The predicted octanol–water partition coefficient (Wildman–Crippen LogP) is 8.93. The molecule has 0 spiro atoms. The molecule has 1 aliphatic carbocycles. The van der Waals surface area contributed by atoms with Gasteiger partial charge in [0.25, 0.3) is 14.2 Å². The Morgan fingerprint density at radius 3 is 2.27 bits per heavy atom. The number of alkyl halides is 1. The molecule has 1 saturated carbocycles. The Morgan fingerprint density at radius 1 is 0.919 bits per heavy atom. The molecule has 2 amide bonds. The number of furan rings is 1. The number of fused-ring (bicyclic) bond motifs is 2. The largest absolute Gasteiger partial charge is 0.496 e. The van der Waals surface area contributed by atoms with Gasteiger partial charge in [0, 0.05) is 55.1 Å². The van der Waals surface area contributed by atoms with Crippen molar-refractivity contribution in [3.63, 3.8) is 0 Å². The highest BCUT2D eigenvalue weighted by Gasteiger charge is 2.50. The van der Waals surface area contributed by atoms with Crippen LogP contribution in [0.2, 0.25) is 5.04 Å². The maximum atomic E-state index is 14.8. The first-order valence-electron chi connectivity index (χ1n) is 22.3. The molecule has 6 aromatic rings. The fourth-order valence-electron chi connectivity index (χ4n) is 10.0. The zero-order chi connectivity index (χ0) is 43.2. The van der Waals surface area contributed by atoms with E-state index >= 15 is 0 Å². The zero-order valence-corrected chi connectivity index (χ0v) is 37.5. The van der Waals surface area contributed by atoms with Crippen molar-refractivity contribution in [3.05, 3.63) is 108 Å². The molecule has 1 N–H and O–H groups in total. The number of amides is 2. The van der Waals surface area contributed by atoms with Crippen LogP contribution in [0.15, 0.2) is 101 Å². The Hall–Kier alpha value is -5.39. The number of hydrogen-bond acceptors (Lipinski definition) is 6. The number of carbonyl (C=O) groups is 2. The van der Waals surface area contributed by atoms with Gasteiger partial charge in [0.1, 0.15) is 23.3 Å². The molecule has 2 aromatic heterocycles. The van der Waals surface area contributed by atoms with Crippen LogP contribution in [-0.2, 0) is 22.2 Å².